The van der Waals surface area contributed by atoms with E-state index in [0.717, 1.165) is 0 Å². The van der Waals surface area contributed by atoms with Gasteiger partial charge in [0.25, 0.3) is 0 Å². The molecule has 1 aromatic carbocycles. The van der Waals surface area contributed by atoms with Crippen LogP contribution in [0.5, 0.6) is 0 Å². The Hall–Kier alpha value is -1.31. The number of rotatable bonds is 0. The van der Waals surface area contributed by atoms with E-state index in [1.54, 1.807) is 0 Å². The molecule has 74 valence electrons. The molecule has 1 heterocycles. The standard InChI is InChI=1S/C12H16N2/c1-12(2,3)10-5-6-11-9(7-10)8-13-14(11)4/h5-8H,1-4H3. The summed E-state index contributed by atoms with van der Waals surface area (Å²) in [4.78, 5) is 0. The number of aromatic nitrogens is 2. The average molecular weight is 188 g/mol. The Balaban J connectivity index is 2.63. The van der Waals surface area contributed by atoms with E-state index in [9.17, 15) is 0 Å². The van der Waals surface area contributed by atoms with E-state index in [4.69, 9.17) is 0 Å². The maximum atomic E-state index is 4.24. The molecule has 2 rings (SSSR count). The van der Waals surface area contributed by atoms with Gasteiger partial charge in [-0.3, -0.25) is 4.68 Å². The van der Waals surface area contributed by atoms with E-state index < -0.39 is 0 Å². The predicted molar refractivity (Wildman–Crippen MR) is 59.4 cm³/mol. The van der Waals surface area contributed by atoms with Gasteiger partial charge in [-0.05, 0) is 23.1 Å². The van der Waals surface area contributed by atoms with Gasteiger partial charge < -0.3 is 0 Å². The maximum absolute atomic E-state index is 4.24. The zero-order valence-corrected chi connectivity index (χ0v) is 9.20. The maximum Gasteiger partial charge on any atom is 0.0679 e. The Morgan fingerprint density at radius 3 is 2.57 bits per heavy atom. The molecule has 14 heavy (non-hydrogen) atoms. The minimum absolute atomic E-state index is 0.212. The van der Waals surface area contributed by atoms with Crippen molar-refractivity contribution in [3.8, 4) is 0 Å². The van der Waals surface area contributed by atoms with Crippen molar-refractivity contribution in [3.63, 3.8) is 0 Å². The predicted octanol–water partition coefficient (Wildman–Crippen LogP) is 2.87. The smallest absolute Gasteiger partial charge is 0.0679 e. The minimum Gasteiger partial charge on any atom is -0.268 e. The second-order valence-corrected chi connectivity index (χ2v) is 4.79. The molecule has 0 aliphatic carbocycles. The van der Waals surface area contributed by atoms with Gasteiger partial charge in [-0.2, -0.15) is 5.10 Å². The van der Waals surface area contributed by atoms with E-state index in [2.05, 4.69) is 44.1 Å². The molecular weight excluding hydrogens is 172 g/mol. The Morgan fingerprint density at radius 2 is 1.93 bits per heavy atom. The fourth-order valence-electron chi connectivity index (χ4n) is 1.63. The number of aryl methyl sites for hydroxylation is 1. The monoisotopic (exact) mass is 188 g/mol. The third-order valence-corrected chi connectivity index (χ3v) is 2.61. The van der Waals surface area contributed by atoms with Crippen molar-refractivity contribution >= 4 is 10.9 Å². The number of benzene rings is 1. The summed E-state index contributed by atoms with van der Waals surface area (Å²) >= 11 is 0. The third kappa shape index (κ3) is 1.41. The molecule has 0 saturated carbocycles. The highest BCUT2D eigenvalue weighted by Crippen LogP contribution is 2.25. The SMILES string of the molecule is Cn1ncc2cc(C(C)(C)C)ccc21. The summed E-state index contributed by atoms with van der Waals surface area (Å²) in [7, 11) is 1.97. The topological polar surface area (TPSA) is 17.8 Å². The average Bonchev–Trinajstić information content (AvgIpc) is 2.46. The lowest BCUT2D eigenvalue weighted by Gasteiger charge is -2.18. The number of fused-ring (bicyclic) bond motifs is 1. The summed E-state index contributed by atoms with van der Waals surface area (Å²) in [5, 5.41) is 5.46. The highest BCUT2D eigenvalue weighted by atomic mass is 15.2. The van der Waals surface area contributed by atoms with Crippen LogP contribution in [0.4, 0.5) is 0 Å². The van der Waals surface area contributed by atoms with Crippen molar-refractivity contribution < 1.29 is 0 Å². The van der Waals surface area contributed by atoms with Crippen LogP contribution in [-0.4, -0.2) is 9.78 Å². The van der Waals surface area contributed by atoms with Gasteiger partial charge in [0.1, 0.15) is 0 Å². The van der Waals surface area contributed by atoms with Gasteiger partial charge in [-0.25, -0.2) is 0 Å². The molecule has 0 unspecified atom stereocenters. The molecule has 0 N–H and O–H groups in total. The van der Waals surface area contributed by atoms with Crippen LogP contribution < -0.4 is 0 Å². The first-order valence-corrected chi connectivity index (χ1v) is 4.91. The summed E-state index contributed by atoms with van der Waals surface area (Å²) in [6, 6.07) is 6.55. The quantitative estimate of drug-likeness (QED) is 0.621. The van der Waals surface area contributed by atoms with Crippen molar-refractivity contribution in [2.24, 2.45) is 7.05 Å². The van der Waals surface area contributed by atoms with Gasteiger partial charge in [-0.1, -0.05) is 26.8 Å². The summed E-state index contributed by atoms with van der Waals surface area (Å²) in [6.07, 6.45) is 1.92. The largest absolute Gasteiger partial charge is 0.268 e. The molecule has 0 aliphatic rings. The molecule has 0 spiro atoms. The van der Waals surface area contributed by atoms with Gasteiger partial charge in [0.05, 0.1) is 11.7 Å². The van der Waals surface area contributed by atoms with Crippen LogP contribution in [-0.2, 0) is 12.5 Å². The van der Waals surface area contributed by atoms with Crippen molar-refractivity contribution in [3.05, 3.63) is 30.0 Å². The van der Waals surface area contributed by atoms with Gasteiger partial charge in [0, 0.05) is 12.4 Å². The van der Waals surface area contributed by atoms with E-state index >= 15 is 0 Å². The van der Waals surface area contributed by atoms with Crippen molar-refractivity contribution in [1.82, 2.24) is 9.78 Å². The first-order chi connectivity index (χ1) is 6.48. The highest BCUT2D eigenvalue weighted by Gasteiger charge is 2.14. The Kier molecular flexibility index (Phi) is 1.88. The fraction of sp³-hybridized carbons (Fsp3) is 0.417. The zero-order chi connectivity index (χ0) is 10.3. The minimum atomic E-state index is 0.212. The van der Waals surface area contributed by atoms with Crippen LogP contribution in [0.3, 0.4) is 0 Å². The summed E-state index contributed by atoms with van der Waals surface area (Å²) in [5.41, 5.74) is 2.76. The lowest BCUT2D eigenvalue weighted by molar-refractivity contribution is 0.591. The van der Waals surface area contributed by atoms with E-state index in [1.165, 1.54) is 16.5 Å². The molecule has 0 fully saturated rings. The first-order valence-electron chi connectivity index (χ1n) is 4.91. The molecule has 0 radical (unpaired) electrons. The van der Waals surface area contributed by atoms with Crippen molar-refractivity contribution in [2.45, 2.75) is 26.2 Å². The number of hydrogen-bond donors (Lipinski definition) is 0. The molecule has 0 aliphatic heterocycles. The van der Waals surface area contributed by atoms with E-state index in [1.807, 2.05) is 17.9 Å². The van der Waals surface area contributed by atoms with Crippen LogP contribution in [0.15, 0.2) is 24.4 Å². The van der Waals surface area contributed by atoms with Crippen LogP contribution >= 0.6 is 0 Å². The summed E-state index contributed by atoms with van der Waals surface area (Å²) in [6.45, 7) is 6.68. The molecule has 2 aromatic rings. The van der Waals surface area contributed by atoms with Crippen molar-refractivity contribution in [1.29, 1.82) is 0 Å². The molecule has 0 amide bonds. The normalized spacial score (nSPS) is 12.3. The number of hydrogen-bond acceptors (Lipinski definition) is 1. The van der Waals surface area contributed by atoms with Crippen LogP contribution in [0, 0.1) is 0 Å². The van der Waals surface area contributed by atoms with Gasteiger partial charge in [0.15, 0.2) is 0 Å². The molecule has 0 atom stereocenters. The lowest BCUT2D eigenvalue weighted by Crippen LogP contribution is -2.10. The molecule has 1 aromatic heterocycles. The Morgan fingerprint density at radius 1 is 1.21 bits per heavy atom. The van der Waals surface area contributed by atoms with E-state index in [0.29, 0.717) is 0 Å². The molecule has 0 saturated heterocycles. The van der Waals surface area contributed by atoms with Gasteiger partial charge in [-0.15, -0.1) is 0 Å². The van der Waals surface area contributed by atoms with Crippen LogP contribution in [0.2, 0.25) is 0 Å². The Bertz CT molecular complexity index is 461. The molecule has 2 heteroatoms. The lowest BCUT2D eigenvalue weighted by atomic mass is 9.86. The van der Waals surface area contributed by atoms with E-state index in [-0.39, 0.29) is 5.41 Å². The van der Waals surface area contributed by atoms with Gasteiger partial charge in [0.2, 0.25) is 0 Å². The first kappa shape index (κ1) is 9.25. The zero-order valence-electron chi connectivity index (χ0n) is 9.20. The summed E-state index contributed by atoms with van der Waals surface area (Å²) in [5.74, 6) is 0. The van der Waals surface area contributed by atoms with Crippen molar-refractivity contribution in [2.75, 3.05) is 0 Å². The molecule has 2 nitrogen and oxygen atoms in total. The third-order valence-electron chi connectivity index (χ3n) is 2.61. The Labute approximate surface area is 84.5 Å². The number of nitrogens with zero attached hydrogens (tertiary/aromatic N) is 2. The second-order valence-electron chi connectivity index (χ2n) is 4.79. The van der Waals surface area contributed by atoms with Gasteiger partial charge >= 0.3 is 0 Å². The second kappa shape index (κ2) is 2.84. The fourth-order valence-corrected chi connectivity index (χ4v) is 1.63. The van der Waals surface area contributed by atoms with Crippen LogP contribution in [0.1, 0.15) is 26.3 Å². The highest BCUT2D eigenvalue weighted by molar-refractivity contribution is 5.79. The molecular formula is C12H16N2. The van der Waals surface area contributed by atoms with Crippen LogP contribution in [0.25, 0.3) is 10.9 Å². The molecule has 0 bridgehead atoms. The summed E-state index contributed by atoms with van der Waals surface area (Å²) < 4.78 is 1.90.